The van der Waals surface area contributed by atoms with Crippen LogP contribution in [0.25, 0.3) is 0 Å². The molecule has 2 fully saturated rings. The third-order valence-electron chi connectivity index (χ3n) is 9.60. The first-order valence-corrected chi connectivity index (χ1v) is 16.4. The van der Waals surface area contributed by atoms with Crippen molar-refractivity contribution < 1.29 is 19.1 Å². The van der Waals surface area contributed by atoms with Crippen LogP contribution in [0.15, 0.2) is 97.5 Å². The summed E-state index contributed by atoms with van der Waals surface area (Å²) in [6.45, 7) is 1.74. The largest absolute Gasteiger partial charge is 0.497 e. The zero-order valence-corrected chi connectivity index (χ0v) is 27.5. The van der Waals surface area contributed by atoms with Gasteiger partial charge in [0.25, 0.3) is 0 Å². The number of aryl methyl sites for hydroxylation is 1. The Balaban J connectivity index is 1.20. The normalized spacial score (nSPS) is 17.0. The Morgan fingerprint density at radius 2 is 1.60 bits per heavy atom. The van der Waals surface area contributed by atoms with Crippen molar-refractivity contribution in [1.29, 1.82) is 0 Å². The first kappa shape index (κ1) is 32.8. The number of nitrogens with zero attached hydrogens (tertiary/aromatic N) is 5. The van der Waals surface area contributed by atoms with Crippen LogP contribution in [0.2, 0.25) is 0 Å². The second kappa shape index (κ2) is 14.3. The number of anilines is 1. The van der Waals surface area contributed by atoms with Gasteiger partial charge in [-0.15, -0.1) is 0 Å². The molecule has 2 atom stereocenters. The zero-order valence-electron chi connectivity index (χ0n) is 27.5. The minimum Gasteiger partial charge on any atom is -0.497 e. The van der Waals surface area contributed by atoms with Gasteiger partial charge >= 0.3 is 0 Å². The number of nitrogens with two attached hydrogens (primary N) is 1. The monoisotopic (exact) mass is 649 g/mol. The van der Waals surface area contributed by atoms with Gasteiger partial charge in [0.1, 0.15) is 17.3 Å². The van der Waals surface area contributed by atoms with E-state index < -0.39 is 23.5 Å². The molecule has 2 aliphatic rings. The number of para-hydroxylation sites is 1. The molecule has 3 amide bonds. The highest BCUT2D eigenvalue weighted by Crippen LogP contribution is 2.40. The number of carbonyl (C=O) groups excluding carboxylic acids is 3. The fraction of sp³-hybridized carbons (Fsp3) is 0.351. The summed E-state index contributed by atoms with van der Waals surface area (Å²) in [5.41, 5.74) is 9.30. The van der Waals surface area contributed by atoms with Crippen LogP contribution in [0.5, 0.6) is 5.75 Å². The molecule has 2 unspecified atom stereocenters. The van der Waals surface area contributed by atoms with Gasteiger partial charge < -0.3 is 35.1 Å². The molecule has 2 saturated heterocycles. The highest BCUT2D eigenvalue weighted by molar-refractivity contribution is 5.94. The lowest BCUT2D eigenvalue weighted by molar-refractivity contribution is -0.141. The summed E-state index contributed by atoms with van der Waals surface area (Å²) in [6, 6.07) is 25.8. The van der Waals surface area contributed by atoms with E-state index >= 15 is 0 Å². The minimum atomic E-state index is -0.859. The molecule has 3 aromatic carbocycles. The molecule has 6 rings (SSSR count). The molecule has 1 spiro atoms. The van der Waals surface area contributed by atoms with Gasteiger partial charge in [0.05, 0.1) is 26.1 Å². The molecule has 0 radical (unpaired) electrons. The number of nitrogens with one attached hydrogen (secondary N) is 1. The van der Waals surface area contributed by atoms with E-state index in [0.29, 0.717) is 44.9 Å². The Hall–Kier alpha value is -5.16. The van der Waals surface area contributed by atoms with E-state index in [1.165, 1.54) is 0 Å². The van der Waals surface area contributed by atoms with Crippen molar-refractivity contribution in [2.24, 2.45) is 12.8 Å². The standard InChI is InChI=1S/C37H43N7O4/c1-41-25-39-23-30(41)22-32(38)34(45)40-33(21-27-13-15-31(48-2)16-14-27)35(46)42-19-17-37(18-20-42)36(47)43(24-28-9-5-3-6-10-28)26-44(37)29-11-7-4-8-12-29/h3-16,23,25,32-33H,17-22,24,26,38H2,1-2H3,(H,40,45). The van der Waals surface area contributed by atoms with Gasteiger partial charge in [0.2, 0.25) is 17.7 Å². The van der Waals surface area contributed by atoms with Gasteiger partial charge in [0, 0.05) is 57.1 Å². The van der Waals surface area contributed by atoms with E-state index in [-0.39, 0.29) is 24.7 Å². The van der Waals surface area contributed by atoms with Crippen LogP contribution in [-0.2, 0) is 40.8 Å². The van der Waals surface area contributed by atoms with Gasteiger partial charge in [-0.2, -0.15) is 0 Å². The fourth-order valence-electron chi connectivity index (χ4n) is 6.82. The summed E-state index contributed by atoms with van der Waals surface area (Å²) < 4.78 is 7.12. The summed E-state index contributed by atoms with van der Waals surface area (Å²) in [5.74, 6) is 0.177. The zero-order chi connectivity index (χ0) is 33.7. The lowest BCUT2D eigenvalue weighted by Gasteiger charge is -2.44. The number of piperidine rings is 1. The highest BCUT2D eigenvalue weighted by Gasteiger charge is 2.54. The lowest BCUT2D eigenvalue weighted by atomic mass is 9.85. The van der Waals surface area contributed by atoms with Crippen molar-refractivity contribution in [1.82, 2.24) is 24.7 Å². The predicted octanol–water partition coefficient (Wildman–Crippen LogP) is 2.89. The van der Waals surface area contributed by atoms with Crippen LogP contribution in [-0.4, -0.2) is 81.6 Å². The Morgan fingerprint density at radius 3 is 2.23 bits per heavy atom. The third-order valence-corrected chi connectivity index (χ3v) is 9.60. The molecule has 11 heteroatoms. The van der Waals surface area contributed by atoms with Crippen LogP contribution in [0.1, 0.15) is 29.7 Å². The van der Waals surface area contributed by atoms with Gasteiger partial charge in [-0.1, -0.05) is 60.7 Å². The predicted molar refractivity (Wildman–Crippen MR) is 183 cm³/mol. The molecule has 250 valence electrons. The molecule has 0 bridgehead atoms. The molecule has 11 nitrogen and oxygen atoms in total. The molecule has 0 aliphatic carbocycles. The van der Waals surface area contributed by atoms with E-state index in [4.69, 9.17) is 10.5 Å². The first-order valence-electron chi connectivity index (χ1n) is 16.4. The van der Waals surface area contributed by atoms with E-state index in [2.05, 4.69) is 15.2 Å². The second-order valence-corrected chi connectivity index (χ2v) is 12.7. The SMILES string of the molecule is COc1ccc(CC(NC(=O)C(N)Cc2cncn2C)C(=O)N2CCC3(CC2)C(=O)N(Cc2ccccc2)CN3c2ccccc2)cc1. The quantitative estimate of drug-likeness (QED) is 0.256. The maximum absolute atomic E-state index is 14.2. The van der Waals surface area contributed by atoms with Crippen molar-refractivity contribution >= 4 is 23.4 Å². The van der Waals surface area contributed by atoms with E-state index in [1.807, 2.05) is 101 Å². The van der Waals surface area contributed by atoms with E-state index in [9.17, 15) is 14.4 Å². The summed E-state index contributed by atoms with van der Waals surface area (Å²) in [5, 5.41) is 2.96. The second-order valence-electron chi connectivity index (χ2n) is 12.7. The van der Waals surface area contributed by atoms with E-state index in [0.717, 1.165) is 22.5 Å². The molecule has 48 heavy (non-hydrogen) atoms. The molecule has 4 aromatic rings. The molecule has 3 heterocycles. The number of amides is 3. The molecular weight excluding hydrogens is 606 g/mol. The number of methoxy groups -OCH3 is 1. The Kier molecular flexibility index (Phi) is 9.77. The maximum atomic E-state index is 14.2. The molecule has 1 aromatic heterocycles. The number of ether oxygens (including phenoxy) is 1. The first-order chi connectivity index (χ1) is 23.3. The number of imidazole rings is 1. The summed E-state index contributed by atoms with van der Waals surface area (Å²) >= 11 is 0. The third kappa shape index (κ3) is 6.91. The minimum absolute atomic E-state index is 0.0755. The van der Waals surface area contributed by atoms with Gasteiger partial charge in [-0.05, 0) is 48.2 Å². The van der Waals surface area contributed by atoms with Crippen molar-refractivity contribution in [2.75, 3.05) is 31.8 Å². The Bertz CT molecular complexity index is 1700. The fourth-order valence-corrected chi connectivity index (χ4v) is 6.82. The maximum Gasteiger partial charge on any atom is 0.250 e. The van der Waals surface area contributed by atoms with Crippen molar-refractivity contribution in [2.45, 2.75) is 49.9 Å². The summed E-state index contributed by atoms with van der Waals surface area (Å²) in [7, 11) is 3.45. The van der Waals surface area contributed by atoms with Crippen LogP contribution in [0, 0.1) is 0 Å². The van der Waals surface area contributed by atoms with Gasteiger partial charge in [-0.25, -0.2) is 4.98 Å². The van der Waals surface area contributed by atoms with Gasteiger partial charge in [-0.3, -0.25) is 14.4 Å². The number of rotatable bonds is 11. The summed E-state index contributed by atoms with van der Waals surface area (Å²) in [6.07, 6.45) is 4.86. The van der Waals surface area contributed by atoms with Gasteiger partial charge in [0.15, 0.2) is 0 Å². The van der Waals surface area contributed by atoms with Crippen molar-refractivity contribution in [3.8, 4) is 5.75 Å². The van der Waals surface area contributed by atoms with Crippen molar-refractivity contribution in [3.05, 3.63) is 114 Å². The number of likely N-dealkylation sites (tertiary alicyclic amines) is 1. The average molecular weight is 650 g/mol. The number of carbonyl (C=O) groups is 3. The van der Waals surface area contributed by atoms with Crippen LogP contribution in [0.4, 0.5) is 5.69 Å². The van der Waals surface area contributed by atoms with Crippen molar-refractivity contribution in [3.63, 3.8) is 0 Å². The van der Waals surface area contributed by atoms with Crippen LogP contribution >= 0.6 is 0 Å². The van der Waals surface area contributed by atoms with Crippen LogP contribution in [0.3, 0.4) is 0 Å². The lowest BCUT2D eigenvalue weighted by Crippen LogP contribution is -2.60. The molecule has 3 N–H and O–H groups in total. The average Bonchev–Trinajstić information content (AvgIpc) is 3.64. The molecule has 2 aliphatic heterocycles. The topological polar surface area (TPSA) is 126 Å². The Morgan fingerprint density at radius 1 is 0.938 bits per heavy atom. The smallest absolute Gasteiger partial charge is 0.250 e. The summed E-state index contributed by atoms with van der Waals surface area (Å²) in [4.78, 5) is 51.9. The highest BCUT2D eigenvalue weighted by atomic mass is 16.5. The number of hydrogen-bond donors (Lipinski definition) is 2. The Labute approximate surface area is 281 Å². The van der Waals surface area contributed by atoms with Crippen LogP contribution < -0.4 is 20.7 Å². The number of hydrogen-bond acceptors (Lipinski definition) is 7. The molecular formula is C37H43N7O4. The van der Waals surface area contributed by atoms with E-state index in [1.54, 1.807) is 24.5 Å². The molecule has 0 saturated carbocycles. The number of aromatic nitrogens is 2. The number of benzene rings is 3.